The summed E-state index contributed by atoms with van der Waals surface area (Å²) < 4.78 is 6.81. The van der Waals surface area contributed by atoms with E-state index < -0.39 is 0 Å². The minimum absolute atomic E-state index is 0.687. The molecule has 0 bridgehead atoms. The lowest BCUT2D eigenvalue weighted by molar-refractivity contribution is 0.354. The van der Waals surface area contributed by atoms with Crippen LogP contribution in [0.25, 0.3) is 0 Å². The smallest absolute Gasteiger partial charge is 0.130 e. The van der Waals surface area contributed by atoms with E-state index in [9.17, 15) is 0 Å². The van der Waals surface area contributed by atoms with Crippen LogP contribution in [0.3, 0.4) is 0 Å². The second-order valence-corrected chi connectivity index (χ2v) is 6.19. The highest BCUT2D eigenvalue weighted by Crippen LogP contribution is 2.33. The highest BCUT2D eigenvalue weighted by molar-refractivity contribution is 9.10. The first kappa shape index (κ1) is 13.7. The summed E-state index contributed by atoms with van der Waals surface area (Å²) in [5, 5.41) is 4.28. The van der Waals surface area contributed by atoms with Crippen LogP contribution in [0.2, 0.25) is 0 Å². The molecule has 0 spiro atoms. The quantitative estimate of drug-likeness (QED) is 0.674. The van der Waals surface area contributed by atoms with Gasteiger partial charge in [0.25, 0.3) is 0 Å². The lowest BCUT2D eigenvalue weighted by atomic mass is 10.1. The van der Waals surface area contributed by atoms with Gasteiger partial charge in [0.2, 0.25) is 0 Å². The Morgan fingerprint density at radius 3 is 3.10 bits per heavy atom. The molecule has 1 aromatic heterocycles. The molecule has 0 radical (unpaired) electrons. The molecule has 0 amide bonds. The standard InChI is InChI=1S/C14H14BrN3OS/c1-20-13-6-12(17-8-18-13)16-7-10-5-11(15)4-9-2-3-19-14(9)10/h4-6,8H,2-3,7H2,1H3,(H,16,17,18). The zero-order valence-corrected chi connectivity index (χ0v) is 13.4. The van der Waals surface area contributed by atoms with Gasteiger partial charge >= 0.3 is 0 Å². The van der Waals surface area contributed by atoms with Gasteiger partial charge in [-0.3, -0.25) is 0 Å². The van der Waals surface area contributed by atoms with Crippen molar-refractivity contribution in [2.45, 2.75) is 18.0 Å². The van der Waals surface area contributed by atoms with Crippen LogP contribution in [0.15, 0.2) is 34.0 Å². The van der Waals surface area contributed by atoms with E-state index in [4.69, 9.17) is 4.74 Å². The number of aromatic nitrogens is 2. The first-order valence-electron chi connectivity index (χ1n) is 6.30. The van der Waals surface area contributed by atoms with Gasteiger partial charge in [0.15, 0.2) is 0 Å². The number of nitrogens with one attached hydrogen (secondary N) is 1. The predicted molar refractivity (Wildman–Crippen MR) is 84.5 cm³/mol. The largest absolute Gasteiger partial charge is 0.493 e. The van der Waals surface area contributed by atoms with E-state index >= 15 is 0 Å². The Kier molecular flexibility index (Phi) is 4.12. The summed E-state index contributed by atoms with van der Waals surface area (Å²) in [6, 6.07) is 6.17. The van der Waals surface area contributed by atoms with E-state index in [1.807, 2.05) is 12.3 Å². The van der Waals surface area contributed by atoms with Crippen molar-refractivity contribution in [3.05, 3.63) is 40.1 Å². The minimum atomic E-state index is 0.687. The van der Waals surface area contributed by atoms with Crippen LogP contribution in [-0.2, 0) is 13.0 Å². The molecule has 0 atom stereocenters. The average molecular weight is 352 g/mol. The molecule has 2 heterocycles. The van der Waals surface area contributed by atoms with Gasteiger partial charge in [-0.25, -0.2) is 9.97 Å². The van der Waals surface area contributed by atoms with Gasteiger partial charge < -0.3 is 10.1 Å². The second-order valence-electron chi connectivity index (χ2n) is 4.45. The fourth-order valence-corrected chi connectivity index (χ4v) is 3.15. The summed E-state index contributed by atoms with van der Waals surface area (Å²) in [5.74, 6) is 1.84. The maximum Gasteiger partial charge on any atom is 0.130 e. The number of fused-ring (bicyclic) bond motifs is 1. The van der Waals surface area contributed by atoms with Crippen molar-refractivity contribution >= 4 is 33.5 Å². The van der Waals surface area contributed by atoms with E-state index in [0.29, 0.717) is 6.54 Å². The lowest BCUT2D eigenvalue weighted by Gasteiger charge is -2.11. The molecule has 4 nitrogen and oxygen atoms in total. The molecule has 1 N–H and O–H groups in total. The topological polar surface area (TPSA) is 47.0 Å². The molecule has 1 aliphatic rings. The molecule has 0 fully saturated rings. The summed E-state index contributed by atoms with van der Waals surface area (Å²) in [5.41, 5.74) is 2.42. The lowest BCUT2D eigenvalue weighted by Crippen LogP contribution is -2.03. The number of rotatable bonds is 4. The van der Waals surface area contributed by atoms with Crippen LogP contribution < -0.4 is 10.1 Å². The molecule has 20 heavy (non-hydrogen) atoms. The number of hydrogen-bond donors (Lipinski definition) is 1. The summed E-state index contributed by atoms with van der Waals surface area (Å²) in [6.07, 6.45) is 4.56. The Morgan fingerprint density at radius 2 is 2.25 bits per heavy atom. The van der Waals surface area contributed by atoms with Gasteiger partial charge in [-0.15, -0.1) is 11.8 Å². The molecule has 1 aromatic carbocycles. The van der Waals surface area contributed by atoms with Crippen LogP contribution in [0, 0.1) is 0 Å². The molecule has 104 valence electrons. The summed E-state index contributed by atoms with van der Waals surface area (Å²) >= 11 is 5.16. The molecule has 1 aliphatic heterocycles. The molecule has 0 saturated heterocycles. The van der Waals surface area contributed by atoms with Crippen LogP contribution in [0.1, 0.15) is 11.1 Å². The zero-order chi connectivity index (χ0) is 13.9. The van der Waals surface area contributed by atoms with Crippen molar-refractivity contribution < 1.29 is 4.74 Å². The minimum Gasteiger partial charge on any atom is -0.493 e. The number of benzene rings is 1. The molecular weight excluding hydrogens is 338 g/mol. The molecule has 6 heteroatoms. The number of hydrogen-bond acceptors (Lipinski definition) is 5. The van der Waals surface area contributed by atoms with Crippen LogP contribution in [-0.4, -0.2) is 22.8 Å². The normalized spacial score (nSPS) is 12.9. The molecule has 0 saturated carbocycles. The molecule has 0 unspecified atom stereocenters. The van der Waals surface area contributed by atoms with Crippen molar-refractivity contribution in [1.29, 1.82) is 0 Å². The first-order valence-corrected chi connectivity index (χ1v) is 8.32. The van der Waals surface area contributed by atoms with Crippen molar-refractivity contribution in [1.82, 2.24) is 9.97 Å². The van der Waals surface area contributed by atoms with Crippen LogP contribution in [0.4, 0.5) is 5.82 Å². The van der Waals surface area contributed by atoms with Crippen molar-refractivity contribution in [2.24, 2.45) is 0 Å². The molecule has 0 aliphatic carbocycles. The fraction of sp³-hybridized carbons (Fsp3) is 0.286. The van der Waals surface area contributed by atoms with Crippen molar-refractivity contribution in [3.63, 3.8) is 0 Å². The molecule has 3 rings (SSSR count). The van der Waals surface area contributed by atoms with E-state index in [-0.39, 0.29) is 0 Å². The predicted octanol–water partition coefficient (Wildman–Crippen LogP) is 3.51. The van der Waals surface area contributed by atoms with E-state index in [1.54, 1.807) is 18.1 Å². The Labute approximate surface area is 130 Å². The Morgan fingerprint density at radius 1 is 1.35 bits per heavy atom. The number of ether oxygens (including phenoxy) is 1. The highest BCUT2D eigenvalue weighted by Gasteiger charge is 2.17. The summed E-state index contributed by atoms with van der Waals surface area (Å²) in [6.45, 7) is 1.45. The van der Waals surface area contributed by atoms with E-state index in [2.05, 4.69) is 43.3 Å². The third-order valence-electron chi connectivity index (χ3n) is 3.14. The third kappa shape index (κ3) is 2.91. The second kappa shape index (κ2) is 6.01. The third-order valence-corrected chi connectivity index (χ3v) is 4.24. The number of anilines is 1. The van der Waals surface area contributed by atoms with Gasteiger partial charge in [-0.1, -0.05) is 15.9 Å². The first-order chi connectivity index (χ1) is 9.76. The van der Waals surface area contributed by atoms with Crippen molar-refractivity contribution in [2.75, 3.05) is 18.2 Å². The molecule has 2 aromatic rings. The highest BCUT2D eigenvalue weighted by atomic mass is 79.9. The maximum atomic E-state index is 5.72. The Balaban J connectivity index is 1.78. The van der Waals surface area contributed by atoms with E-state index in [0.717, 1.165) is 39.7 Å². The Hall–Kier alpha value is -1.27. The summed E-state index contributed by atoms with van der Waals surface area (Å²) in [7, 11) is 0. The fourth-order valence-electron chi connectivity index (χ4n) is 2.21. The van der Waals surface area contributed by atoms with Crippen LogP contribution >= 0.6 is 27.7 Å². The van der Waals surface area contributed by atoms with Gasteiger partial charge in [0.05, 0.1) is 6.61 Å². The molecular formula is C14H14BrN3OS. The van der Waals surface area contributed by atoms with Gasteiger partial charge in [0.1, 0.15) is 22.9 Å². The number of nitrogens with zero attached hydrogens (tertiary/aromatic N) is 2. The zero-order valence-electron chi connectivity index (χ0n) is 11.0. The summed E-state index contributed by atoms with van der Waals surface area (Å²) in [4.78, 5) is 8.39. The monoisotopic (exact) mass is 351 g/mol. The van der Waals surface area contributed by atoms with Crippen LogP contribution in [0.5, 0.6) is 5.75 Å². The van der Waals surface area contributed by atoms with Gasteiger partial charge in [-0.05, 0) is 24.0 Å². The number of halogens is 1. The van der Waals surface area contributed by atoms with E-state index in [1.165, 1.54) is 5.56 Å². The van der Waals surface area contributed by atoms with Crippen molar-refractivity contribution in [3.8, 4) is 5.75 Å². The Bertz CT molecular complexity index is 636. The van der Waals surface area contributed by atoms with Gasteiger partial charge in [0, 0.05) is 29.1 Å². The maximum absolute atomic E-state index is 5.72. The average Bonchev–Trinajstić information content (AvgIpc) is 2.93. The van der Waals surface area contributed by atoms with Gasteiger partial charge in [-0.2, -0.15) is 0 Å². The number of thioether (sulfide) groups is 1. The SMILES string of the molecule is CSc1cc(NCc2cc(Br)cc3c2OCC3)ncn1.